The highest BCUT2D eigenvalue weighted by Crippen LogP contribution is 2.11. The maximum absolute atomic E-state index is 11.8. The summed E-state index contributed by atoms with van der Waals surface area (Å²) in [5.41, 5.74) is 0. The quantitative estimate of drug-likeness (QED) is 0.733. The molecule has 0 bridgehead atoms. The van der Waals surface area contributed by atoms with Crippen molar-refractivity contribution in [3.05, 3.63) is 18.2 Å². The van der Waals surface area contributed by atoms with Crippen LogP contribution < -0.4 is 10.6 Å². The van der Waals surface area contributed by atoms with Crippen molar-refractivity contribution in [1.82, 2.24) is 20.2 Å². The molecule has 6 heteroatoms. The van der Waals surface area contributed by atoms with Gasteiger partial charge in [-0.2, -0.15) is 0 Å². The summed E-state index contributed by atoms with van der Waals surface area (Å²) < 4.78 is 7.68. The SMILES string of the molecule is CC(C)c1nccn1CCCNC(=O)C[C@H]1CNCCO1. The Kier molecular flexibility index (Phi) is 6.20. The van der Waals surface area contributed by atoms with Gasteiger partial charge in [0.05, 0.1) is 19.1 Å². The van der Waals surface area contributed by atoms with E-state index >= 15 is 0 Å². The van der Waals surface area contributed by atoms with Crippen LogP contribution in [0.1, 0.15) is 38.4 Å². The number of carbonyl (C=O) groups is 1. The molecule has 1 atom stereocenters. The number of nitrogens with one attached hydrogen (secondary N) is 2. The van der Waals surface area contributed by atoms with Crippen molar-refractivity contribution in [2.24, 2.45) is 0 Å². The topological polar surface area (TPSA) is 68.2 Å². The number of rotatable bonds is 7. The first-order valence-corrected chi connectivity index (χ1v) is 7.77. The van der Waals surface area contributed by atoms with E-state index in [0.717, 1.165) is 31.9 Å². The Morgan fingerprint density at radius 2 is 2.48 bits per heavy atom. The molecule has 1 saturated heterocycles. The highest BCUT2D eigenvalue weighted by atomic mass is 16.5. The first-order valence-electron chi connectivity index (χ1n) is 7.77. The molecule has 2 rings (SSSR count). The molecule has 1 aromatic rings. The molecule has 1 amide bonds. The summed E-state index contributed by atoms with van der Waals surface area (Å²) in [6, 6.07) is 0. The van der Waals surface area contributed by atoms with Gasteiger partial charge in [0.15, 0.2) is 0 Å². The number of carbonyl (C=O) groups excluding carboxylic acids is 1. The van der Waals surface area contributed by atoms with E-state index in [9.17, 15) is 4.79 Å². The Labute approximate surface area is 126 Å². The second-order valence-electron chi connectivity index (χ2n) is 5.74. The smallest absolute Gasteiger partial charge is 0.222 e. The molecule has 0 saturated carbocycles. The lowest BCUT2D eigenvalue weighted by molar-refractivity contribution is -0.124. The zero-order chi connectivity index (χ0) is 15.1. The number of aryl methyl sites for hydroxylation is 1. The van der Waals surface area contributed by atoms with Crippen LogP contribution in [0.15, 0.2) is 12.4 Å². The Balaban J connectivity index is 1.62. The number of ether oxygens (including phenoxy) is 1. The first kappa shape index (κ1) is 16.0. The van der Waals surface area contributed by atoms with Gasteiger partial charge in [0.1, 0.15) is 5.82 Å². The predicted molar refractivity (Wildman–Crippen MR) is 81.2 cm³/mol. The zero-order valence-corrected chi connectivity index (χ0v) is 13.0. The van der Waals surface area contributed by atoms with Crippen molar-refractivity contribution in [1.29, 1.82) is 0 Å². The van der Waals surface area contributed by atoms with E-state index in [1.807, 2.05) is 12.4 Å². The van der Waals surface area contributed by atoms with Crippen LogP contribution >= 0.6 is 0 Å². The summed E-state index contributed by atoms with van der Waals surface area (Å²) in [7, 11) is 0. The lowest BCUT2D eigenvalue weighted by Gasteiger charge is -2.23. The van der Waals surface area contributed by atoms with Crippen LogP contribution in [0.4, 0.5) is 0 Å². The molecule has 118 valence electrons. The second-order valence-corrected chi connectivity index (χ2v) is 5.74. The molecule has 1 aromatic heterocycles. The lowest BCUT2D eigenvalue weighted by Crippen LogP contribution is -2.41. The number of hydrogen-bond donors (Lipinski definition) is 2. The molecule has 1 aliphatic heterocycles. The molecule has 2 N–H and O–H groups in total. The van der Waals surface area contributed by atoms with Crippen molar-refractivity contribution in [3.63, 3.8) is 0 Å². The largest absolute Gasteiger partial charge is 0.375 e. The highest BCUT2D eigenvalue weighted by Gasteiger charge is 2.16. The fraction of sp³-hybridized carbons (Fsp3) is 0.733. The number of morpholine rings is 1. The maximum Gasteiger partial charge on any atom is 0.222 e. The van der Waals surface area contributed by atoms with Crippen molar-refractivity contribution in [2.75, 3.05) is 26.2 Å². The van der Waals surface area contributed by atoms with Gasteiger partial charge in [0.25, 0.3) is 0 Å². The molecule has 0 unspecified atom stereocenters. The second kappa shape index (κ2) is 8.14. The molecular formula is C15H26N4O2. The monoisotopic (exact) mass is 294 g/mol. The third-order valence-electron chi connectivity index (χ3n) is 3.58. The van der Waals surface area contributed by atoms with E-state index in [0.29, 0.717) is 25.5 Å². The minimum atomic E-state index is 0.0138. The fourth-order valence-corrected chi connectivity index (χ4v) is 2.52. The van der Waals surface area contributed by atoms with Crippen LogP contribution in [0.2, 0.25) is 0 Å². The van der Waals surface area contributed by atoms with Crippen LogP contribution in [0.25, 0.3) is 0 Å². The summed E-state index contributed by atoms with van der Waals surface area (Å²) in [5.74, 6) is 1.59. The number of imidazole rings is 1. The molecule has 0 aromatic carbocycles. The Bertz CT molecular complexity index is 439. The molecule has 21 heavy (non-hydrogen) atoms. The van der Waals surface area contributed by atoms with Crippen LogP contribution in [0.5, 0.6) is 0 Å². The van der Waals surface area contributed by atoms with Gasteiger partial charge in [0, 0.05) is 44.5 Å². The Morgan fingerprint density at radius 3 is 3.19 bits per heavy atom. The van der Waals surface area contributed by atoms with Gasteiger partial charge in [-0.25, -0.2) is 4.98 Å². The van der Waals surface area contributed by atoms with E-state index in [4.69, 9.17) is 4.74 Å². The van der Waals surface area contributed by atoms with Crippen molar-refractivity contribution >= 4 is 5.91 Å². The number of amides is 1. The fourth-order valence-electron chi connectivity index (χ4n) is 2.52. The molecule has 2 heterocycles. The van der Waals surface area contributed by atoms with Crippen LogP contribution in [-0.4, -0.2) is 47.8 Å². The van der Waals surface area contributed by atoms with Gasteiger partial charge in [-0.05, 0) is 6.42 Å². The molecule has 6 nitrogen and oxygen atoms in total. The van der Waals surface area contributed by atoms with Gasteiger partial charge < -0.3 is 19.9 Å². The summed E-state index contributed by atoms with van der Waals surface area (Å²) >= 11 is 0. The number of hydrogen-bond acceptors (Lipinski definition) is 4. The van der Waals surface area contributed by atoms with E-state index in [1.165, 1.54) is 0 Å². The van der Waals surface area contributed by atoms with Crippen LogP contribution in [0.3, 0.4) is 0 Å². The minimum absolute atomic E-state index is 0.0138. The van der Waals surface area contributed by atoms with Gasteiger partial charge in [-0.3, -0.25) is 4.79 Å². The number of aromatic nitrogens is 2. The summed E-state index contributed by atoms with van der Waals surface area (Å²) in [6.45, 7) is 8.18. The van der Waals surface area contributed by atoms with Gasteiger partial charge >= 0.3 is 0 Å². The van der Waals surface area contributed by atoms with Crippen molar-refractivity contribution in [3.8, 4) is 0 Å². The summed E-state index contributed by atoms with van der Waals surface area (Å²) in [6.07, 6.45) is 5.20. The predicted octanol–water partition coefficient (Wildman–Crippen LogP) is 0.891. The van der Waals surface area contributed by atoms with Gasteiger partial charge in [0.2, 0.25) is 5.91 Å². The van der Waals surface area contributed by atoms with E-state index in [-0.39, 0.29) is 12.0 Å². The van der Waals surface area contributed by atoms with Crippen molar-refractivity contribution in [2.45, 2.75) is 45.3 Å². The molecule has 0 spiro atoms. The zero-order valence-electron chi connectivity index (χ0n) is 13.0. The third kappa shape index (κ3) is 5.13. The lowest BCUT2D eigenvalue weighted by atomic mass is 10.2. The summed E-state index contributed by atoms with van der Waals surface area (Å²) in [5, 5.41) is 6.19. The molecule has 1 fully saturated rings. The maximum atomic E-state index is 11.8. The van der Waals surface area contributed by atoms with Crippen LogP contribution in [0, 0.1) is 0 Å². The van der Waals surface area contributed by atoms with E-state index in [2.05, 4.69) is 34.0 Å². The molecule has 0 radical (unpaired) electrons. The first-order chi connectivity index (χ1) is 10.2. The normalized spacial score (nSPS) is 18.9. The molecule has 0 aliphatic carbocycles. The molecular weight excluding hydrogens is 268 g/mol. The molecule has 1 aliphatic rings. The number of nitrogens with zero attached hydrogens (tertiary/aromatic N) is 2. The average Bonchev–Trinajstić information content (AvgIpc) is 2.93. The van der Waals surface area contributed by atoms with E-state index in [1.54, 1.807) is 0 Å². The average molecular weight is 294 g/mol. The summed E-state index contributed by atoms with van der Waals surface area (Å²) in [4.78, 5) is 16.2. The van der Waals surface area contributed by atoms with Crippen molar-refractivity contribution < 1.29 is 9.53 Å². The van der Waals surface area contributed by atoms with Gasteiger partial charge in [-0.15, -0.1) is 0 Å². The van der Waals surface area contributed by atoms with Gasteiger partial charge in [-0.1, -0.05) is 13.8 Å². The van der Waals surface area contributed by atoms with E-state index < -0.39 is 0 Å². The standard InChI is InChI=1S/C15H26N4O2/c1-12(2)15-18-5-8-19(15)7-3-4-17-14(20)10-13-11-16-6-9-21-13/h5,8,12-13,16H,3-4,6-7,9-11H2,1-2H3,(H,17,20)/t13-/m0/s1. The van der Waals surface area contributed by atoms with Crippen LogP contribution in [-0.2, 0) is 16.1 Å². The third-order valence-corrected chi connectivity index (χ3v) is 3.58. The Hall–Kier alpha value is -1.40. The minimum Gasteiger partial charge on any atom is -0.375 e. The Morgan fingerprint density at radius 1 is 1.62 bits per heavy atom. The highest BCUT2D eigenvalue weighted by molar-refractivity contribution is 5.76.